The Morgan fingerprint density at radius 3 is 1.68 bits per heavy atom. The summed E-state index contributed by atoms with van der Waals surface area (Å²) in [5, 5.41) is 0. The van der Waals surface area contributed by atoms with Crippen LogP contribution in [0.25, 0.3) is 23.3 Å². The van der Waals surface area contributed by atoms with E-state index in [4.69, 9.17) is 0 Å². The summed E-state index contributed by atoms with van der Waals surface area (Å²) in [6.45, 7) is 6.75. The molecular weight excluding hydrogens is 446 g/mol. The Morgan fingerprint density at radius 1 is 0.486 bits per heavy atom. The van der Waals surface area contributed by atoms with Crippen LogP contribution in [0.1, 0.15) is 37.5 Å². The molecule has 0 saturated carbocycles. The third-order valence-corrected chi connectivity index (χ3v) is 6.66. The highest BCUT2D eigenvalue weighted by Crippen LogP contribution is 2.38. The largest absolute Gasteiger partial charge is 0.310 e. The van der Waals surface area contributed by atoms with Crippen molar-refractivity contribution >= 4 is 29.2 Å². The zero-order valence-electron chi connectivity index (χ0n) is 21.8. The van der Waals surface area contributed by atoms with Gasteiger partial charge < -0.3 is 4.90 Å². The maximum atomic E-state index is 2.33. The molecule has 0 N–H and O–H groups in total. The van der Waals surface area contributed by atoms with Gasteiger partial charge in [0, 0.05) is 11.4 Å². The molecule has 0 heterocycles. The van der Waals surface area contributed by atoms with Gasteiger partial charge in [0.15, 0.2) is 0 Å². The molecule has 0 unspecified atom stereocenters. The summed E-state index contributed by atoms with van der Waals surface area (Å²) in [7, 11) is 0. The molecule has 5 aromatic carbocycles. The molecular formula is C36H33N. The molecule has 1 heteroatoms. The standard InChI is InChI=1S/C36H33N/c1-36(2,3)32-24-19-28(20-25-32)18-21-31-14-10-11-17-35(31)37(33-15-8-5-9-16-33)34-26-22-30(23-27-34)29-12-6-4-7-13-29/h4-27H,1-3H3. The van der Waals surface area contributed by atoms with Crippen molar-refractivity contribution in [2.24, 2.45) is 0 Å². The first-order chi connectivity index (χ1) is 18.0. The summed E-state index contributed by atoms with van der Waals surface area (Å²) in [5.41, 5.74) is 9.70. The SMILES string of the molecule is CC(C)(C)c1ccc(C=Cc2ccccc2N(c2ccccc2)c2ccc(-c3ccccc3)cc2)cc1. The predicted octanol–water partition coefficient (Wildman–Crippen LogP) is 10.3. The van der Waals surface area contributed by atoms with Gasteiger partial charge in [0.25, 0.3) is 0 Å². The van der Waals surface area contributed by atoms with Crippen LogP contribution in [0.3, 0.4) is 0 Å². The molecule has 0 aliphatic rings. The summed E-state index contributed by atoms with van der Waals surface area (Å²) in [5.74, 6) is 0. The Hall–Kier alpha value is -4.36. The molecule has 0 saturated heterocycles. The van der Waals surface area contributed by atoms with Crippen LogP contribution in [0.4, 0.5) is 17.1 Å². The van der Waals surface area contributed by atoms with E-state index in [0.717, 1.165) is 17.1 Å². The van der Waals surface area contributed by atoms with Crippen molar-refractivity contribution in [3.05, 3.63) is 150 Å². The molecule has 0 bridgehead atoms. The van der Waals surface area contributed by atoms with E-state index in [9.17, 15) is 0 Å². The number of hydrogen-bond acceptors (Lipinski definition) is 1. The molecule has 1 nitrogen and oxygen atoms in total. The van der Waals surface area contributed by atoms with E-state index in [2.05, 4.69) is 171 Å². The Labute approximate surface area is 221 Å². The monoisotopic (exact) mass is 479 g/mol. The van der Waals surface area contributed by atoms with Gasteiger partial charge >= 0.3 is 0 Å². The minimum absolute atomic E-state index is 0.154. The van der Waals surface area contributed by atoms with Crippen LogP contribution in [0, 0.1) is 0 Å². The lowest BCUT2D eigenvalue weighted by Gasteiger charge is -2.27. The fraction of sp³-hybridized carbons (Fsp3) is 0.111. The molecule has 182 valence electrons. The van der Waals surface area contributed by atoms with Gasteiger partial charge in [0.05, 0.1) is 5.69 Å². The first-order valence-electron chi connectivity index (χ1n) is 12.9. The molecule has 0 amide bonds. The van der Waals surface area contributed by atoms with Crippen molar-refractivity contribution < 1.29 is 0 Å². The lowest BCUT2D eigenvalue weighted by molar-refractivity contribution is 0.590. The van der Waals surface area contributed by atoms with E-state index in [1.54, 1.807) is 0 Å². The van der Waals surface area contributed by atoms with Crippen LogP contribution in [-0.2, 0) is 5.41 Å². The molecule has 0 atom stereocenters. The van der Waals surface area contributed by atoms with E-state index < -0.39 is 0 Å². The van der Waals surface area contributed by atoms with Gasteiger partial charge in [-0.25, -0.2) is 0 Å². The maximum absolute atomic E-state index is 2.33. The molecule has 0 fully saturated rings. The molecule has 37 heavy (non-hydrogen) atoms. The number of rotatable bonds is 6. The van der Waals surface area contributed by atoms with E-state index in [0.29, 0.717) is 0 Å². The second-order valence-electron chi connectivity index (χ2n) is 10.3. The van der Waals surface area contributed by atoms with Crippen molar-refractivity contribution in [1.29, 1.82) is 0 Å². The van der Waals surface area contributed by atoms with Gasteiger partial charge in [-0.1, -0.05) is 136 Å². The highest BCUT2D eigenvalue weighted by molar-refractivity contribution is 5.86. The third kappa shape index (κ3) is 5.73. The summed E-state index contributed by atoms with van der Waals surface area (Å²) in [6.07, 6.45) is 4.42. The van der Waals surface area contributed by atoms with Crippen molar-refractivity contribution in [2.45, 2.75) is 26.2 Å². The van der Waals surface area contributed by atoms with Gasteiger partial charge in [-0.15, -0.1) is 0 Å². The van der Waals surface area contributed by atoms with Gasteiger partial charge in [0.2, 0.25) is 0 Å². The number of nitrogens with zero attached hydrogens (tertiary/aromatic N) is 1. The van der Waals surface area contributed by atoms with E-state index in [1.165, 1.54) is 27.8 Å². The summed E-state index contributed by atoms with van der Waals surface area (Å²) in [6, 6.07) is 47.4. The van der Waals surface area contributed by atoms with Crippen LogP contribution < -0.4 is 4.90 Å². The van der Waals surface area contributed by atoms with Crippen LogP contribution in [0.2, 0.25) is 0 Å². The van der Waals surface area contributed by atoms with E-state index >= 15 is 0 Å². The molecule has 0 aromatic heterocycles. The van der Waals surface area contributed by atoms with Gasteiger partial charge in [0.1, 0.15) is 0 Å². The minimum atomic E-state index is 0.154. The van der Waals surface area contributed by atoms with Crippen molar-refractivity contribution in [1.82, 2.24) is 0 Å². The highest BCUT2D eigenvalue weighted by Gasteiger charge is 2.15. The average molecular weight is 480 g/mol. The van der Waals surface area contributed by atoms with Crippen LogP contribution in [-0.4, -0.2) is 0 Å². The maximum Gasteiger partial charge on any atom is 0.0533 e. The molecule has 0 aliphatic carbocycles. The lowest BCUT2D eigenvalue weighted by atomic mass is 9.87. The zero-order chi connectivity index (χ0) is 25.7. The lowest BCUT2D eigenvalue weighted by Crippen LogP contribution is -2.11. The van der Waals surface area contributed by atoms with Gasteiger partial charge in [-0.2, -0.15) is 0 Å². The molecule has 5 aromatic rings. The molecule has 5 rings (SSSR count). The molecule has 0 aliphatic heterocycles. The minimum Gasteiger partial charge on any atom is -0.310 e. The smallest absolute Gasteiger partial charge is 0.0533 e. The van der Waals surface area contributed by atoms with Crippen LogP contribution in [0.15, 0.2) is 133 Å². The zero-order valence-corrected chi connectivity index (χ0v) is 21.8. The van der Waals surface area contributed by atoms with Crippen LogP contribution >= 0.6 is 0 Å². The number of para-hydroxylation sites is 2. The normalized spacial score (nSPS) is 11.5. The molecule has 0 radical (unpaired) electrons. The Bertz CT molecular complexity index is 1460. The fourth-order valence-corrected chi connectivity index (χ4v) is 4.55. The third-order valence-electron chi connectivity index (χ3n) is 6.66. The predicted molar refractivity (Wildman–Crippen MR) is 161 cm³/mol. The second kappa shape index (κ2) is 10.7. The Morgan fingerprint density at radius 2 is 1.03 bits per heavy atom. The average Bonchev–Trinajstić information content (AvgIpc) is 2.94. The van der Waals surface area contributed by atoms with E-state index in [-0.39, 0.29) is 5.41 Å². The summed E-state index contributed by atoms with van der Waals surface area (Å²) in [4.78, 5) is 2.33. The van der Waals surface area contributed by atoms with Gasteiger partial charge in [-0.3, -0.25) is 0 Å². The second-order valence-corrected chi connectivity index (χ2v) is 10.3. The number of hydrogen-bond donors (Lipinski definition) is 0. The number of benzene rings is 5. The van der Waals surface area contributed by atoms with Crippen LogP contribution in [0.5, 0.6) is 0 Å². The number of anilines is 3. The van der Waals surface area contributed by atoms with Gasteiger partial charge in [-0.05, 0) is 63.6 Å². The quantitative estimate of drug-likeness (QED) is 0.219. The van der Waals surface area contributed by atoms with Crippen molar-refractivity contribution in [2.75, 3.05) is 4.90 Å². The van der Waals surface area contributed by atoms with Crippen molar-refractivity contribution in [3.8, 4) is 11.1 Å². The van der Waals surface area contributed by atoms with E-state index in [1.807, 2.05) is 0 Å². The molecule has 0 spiro atoms. The fourth-order valence-electron chi connectivity index (χ4n) is 4.55. The first-order valence-corrected chi connectivity index (χ1v) is 12.9. The first kappa shape index (κ1) is 24.3. The summed E-state index contributed by atoms with van der Waals surface area (Å²) >= 11 is 0. The Balaban J connectivity index is 1.52. The Kier molecular flexibility index (Phi) is 7.05. The highest BCUT2D eigenvalue weighted by atomic mass is 15.1. The topological polar surface area (TPSA) is 3.24 Å². The summed E-state index contributed by atoms with van der Waals surface area (Å²) < 4.78 is 0. The van der Waals surface area contributed by atoms with Crippen molar-refractivity contribution in [3.63, 3.8) is 0 Å².